The Morgan fingerprint density at radius 3 is 2.63 bits per heavy atom. The van der Waals surface area contributed by atoms with Gasteiger partial charge in [0.15, 0.2) is 11.5 Å². The summed E-state index contributed by atoms with van der Waals surface area (Å²) in [7, 11) is 2.12. The molecule has 2 fully saturated rings. The van der Waals surface area contributed by atoms with Gasteiger partial charge in [-0.3, -0.25) is 9.69 Å². The lowest BCUT2D eigenvalue weighted by Crippen LogP contribution is -2.43. The number of carbonyl (C=O) groups is 1. The fourth-order valence-corrected chi connectivity index (χ4v) is 4.80. The smallest absolute Gasteiger partial charge is 0.237 e. The summed E-state index contributed by atoms with van der Waals surface area (Å²) in [4.78, 5) is 17.4. The van der Waals surface area contributed by atoms with E-state index >= 15 is 0 Å². The van der Waals surface area contributed by atoms with Crippen LogP contribution in [0.5, 0.6) is 11.5 Å². The Morgan fingerprint density at radius 2 is 1.85 bits per heavy atom. The lowest BCUT2D eigenvalue weighted by molar-refractivity contribution is -0.133. The number of likely N-dealkylation sites (tertiary alicyclic amines) is 1. The molecule has 27 heavy (non-hydrogen) atoms. The molecule has 0 aromatic heterocycles. The molecule has 0 radical (unpaired) electrons. The molecule has 1 amide bonds. The van der Waals surface area contributed by atoms with Crippen LogP contribution in [0.25, 0.3) is 0 Å². The third kappa shape index (κ3) is 4.08. The average molecular weight is 373 g/mol. The van der Waals surface area contributed by atoms with E-state index < -0.39 is 0 Å². The quantitative estimate of drug-likeness (QED) is 0.809. The summed E-state index contributed by atoms with van der Waals surface area (Å²) in [5, 5.41) is 0. The van der Waals surface area contributed by atoms with Crippen molar-refractivity contribution in [1.82, 2.24) is 9.80 Å². The van der Waals surface area contributed by atoms with Crippen molar-refractivity contribution in [3.63, 3.8) is 0 Å². The van der Waals surface area contributed by atoms with Crippen molar-refractivity contribution in [1.29, 1.82) is 0 Å². The number of hydrogen-bond acceptors (Lipinski definition) is 4. The van der Waals surface area contributed by atoms with Crippen LogP contribution in [0, 0.1) is 5.92 Å². The number of rotatable bonds is 4. The molecule has 0 spiro atoms. The van der Waals surface area contributed by atoms with Crippen LogP contribution in [0.15, 0.2) is 18.2 Å². The molecule has 1 atom stereocenters. The summed E-state index contributed by atoms with van der Waals surface area (Å²) in [5.41, 5.74) is 1.17. The maximum absolute atomic E-state index is 13.1. The van der Waals surface area contributed by atoms with Gasteiger partial charge in [-0.05, 0) is 69.2 Å². The third-order valence-corrected chi connectivity index (χ3v) is 6.52. The number of amides is 1. The summed E-state index contributed by atoms with van der Waals surface area (Å²) >= 11 is 0. The lowest BCUT2D eigenvalue weighted by atomic mass is 9.87. The van der Waals surface area contributed by atoms with Gasteiger partial charge in [0.1, 0.15) is 13.2 Å². The molecule has 1 saturated heterocycles. The average Bonchev–Trinajstić information content (AvgIpc) is 3.18. The molecule has 2 heterocycles. The molecule has 148 valence electrons. The number of benzene rings is 1. The molecule has 1 aliphatic carbocycles. The van der Waals surface area contributed by atoms with Crippen LogP contribution in [0.1, 0.15) is 57.1 Å². The molecule has 5 nitrogen and oxygen atoms in total. The van der Waals surface area contributed by atoms with E-state index in [1.165, 1.54) is 31.2 Å². The van der Waals surface area contributed by atoms with Crippen LogP contribution in [0.3, 0.4) is 0 Å². The number of nitrogens with zero attached hydrogens (tertiary/aromatic N) is 2. The number of hydrogen-bond donors (Lipinski definition) is 0. The fourth-order valence-electron chi connectivity index (χ4n) is 4.80. The number of ether oxygens (including phenoxy) is 2. The monoisotopic (exact) mass is 372 g/mol. The highest BCUT2D eigenvalue weighted by molar-refractivity contribution is 5.79. The maximum atomic E-state index is 13.1. The number of fused-ring (bicyclic) bond motifs is 1. The molecule has 3 aliphatic rings. The van der Waals surface area contributed by atoms with E-state index in [-0.39, 0.29) is 11.9 Å². The highest BCUT2D eigenvalue weighted by Gasteiger charge is 2.32. The largest absolute Gasteiger partial charge is 0.486 e. The van der Waals surface area contributed by atoms with Gasteiger partial charge in [-0.2, -0.15) is 0 Å². The van der Waals surface area contributed by atoms with E-state index in [0.717, 1.165) is 36.8 Å². The van der Waals surface area contributed by atoms with Crippen LogP contribution < -0.4 is 9.47 Å². The molecule has 1 unspecified atom stereocenters. The zero-order chi connectivity index (χ0) is 18.8. The van der Waals surface area contributed by atoms with Crippen molar-refractivity contribution in [2.45, 2.75) is 57.5 Å². The van der Waals surface area contributed by atoms with Gasteiger partial charge in [-0.25, -0.2) is 0 Å². The summed E-state index contributed by atoms with van der Waals surface area (Å²) < 4.78 is 11.4. The van der Waals surface area contributed by atoms with Crippen LogP contribution in [-0.4, -0.2) is 55.1 Å². The Balaban J connectivity index is 1.41. The first-order chi connectivity index (χ1) is 13.1. The van der Waals surface area contributed by atoms with Crippen molar-refractivity contribution in [2.75, 3.05) is 33.4 Å². The van der Waals surface area contributed by atoms with Crippen molar-refractivity contribution in [3.8, 4) is 11.5 Å². The van der Waals surface area contributed by atoms with Gasteiger partial charge in [0, 0.05) is 12.6 Å². The zero-order valence-electron chi connectivity index (χ0n) is 16.7. The van der Waals surface area contributed by atoms with Crippen LogP contribution in [-0.2, 0) is 4.79 Å². The predicted molar refractivity (Wildman–Crippen MR) is 105 cm³/mol. The predicted octanol–water partition coefficient (Wildman–Crippen LogP) is 3.63. The molecule has 4 rings (SSSR count). The Bertz CT molecular complexity index is 670. The van der Waals surface area contributed by atoms with Gasteiger partial charge in [-0.1, -0.05) is 13.0 Å². The van der Waals surface area contributed by atoms with Crippen LogP contribution in [0.4, 0.5) is 0 Å². The van der Waals surface area contributed by atoms with Crippen molar-refractivity contribution >= 4 is 5.91 Å². The fraction of sp³-hybridized carbons (Fsp3) is 0.682. The van der Waals surface area contributed by atoms with E-state index in [0.29, 0.717) is 25.8 Å². The molecule has 0 N–H and O–H groups in total. The standard InChI is InChI=1S/C22H32N2O3/c1-16-5-8-18(9-6-16)23(2)15-22(25)24-11-3-4-19(24)17-7-10-20-21(14-17)27-13-12-26-20/h7,10,14,16,18-19H,3-6,8-9,11-13,15H2,1-2H3. The van der Waals surface area contributed by atoms with Crippen LogP contribution in [0.2, 0.25) is 0 Å². The molecule has 1 aromatic rings. The summed E-state index contributed by atoms with van der Waals surface area (Å²) in [5.74, 6) is 2.72. The van der Waals surface area contributed by atoms with E-state index in [4.69, 9.17) is 9.47 Å². The van der Waals surface area contributed by atoms with E-state index in [9.17, 15) is 4.79 Å². The molecule has 0 bridgehead atoms. The Morgan fingerprint density at radius 1 is 1.11 bits per heavy atom. The second-order valence-corrected chi connectivity index (χ2v) is 8.48. The molecule has 1 saturated carbocycles. The molecule has 1 aromatic carbocycles. The van der Waals surface area contributed by atoms with E-state index in [2.05, 4.69) is 35.9 Å². The Kier molecular flexibility index (Phi) is 5.58. The first-order valence-electron chi connectivity index (χ1n) is 10.5. The van der Waals surface area contributed by atoms with E-state index in [1.807, 2.05) is 6.07 Å². The molecule has 5 heteroatoms. The minimum Gasteiger partial charge on any atom is -0.486 e. The zero-order valence-corrected chi connectivity index (χ0v) is 16.7. The minimum atomic E-state index is 0.160. The maximum Gasteiger partial charge on any atom is 0.237 e. The van der Waals surface area contributed by atoms with E-state index in [1.54, 1.807) is 0 Å². The summed E-state index contributed by atoms with van der Waals surface area (Å²) in [6, 6.07) is 6.86. The highest BCUT2D eigenvalue weighted by atomic mass is 16.6. The summed E-state index contributed by atoms with van der Waals surface area (Å²) in [6.45, 7) is 4.92. The van der Waals surface area contributed by atoms with Crippen molar-refractivity contribution < 1.29 is 14.3 Å². The summed E-state index contributed by atoms with van der Waals surface area (Å²) in [6.07, 6.45) is 7.10. The molecular formula is C22H32N2O3. The van der Waals surface area contributed by atoms with Crippen molar-refractivity contribution in [3.05, 3.63) is 23.8 Å². The molecule has 2 aliphatic heterocycles. The Hall–Kier alpha value is -1.75. The Labute approximate surface area is 162 Å². The van der Waals surface area contributed by atoms with Crippen molar-refractivity contribution in [2.24, 2.45) is 5.92 Å². The van der Waals surface area contributed by atoms with Gasteiger partial charge in [0.05, 0.1) is 12.6 Å². The lowest BCUT2D eigenvalue weighted by Gasteiger charge is -2.35. The highest BCUT2D eigenvalue weighted by Crippen LogP contribution is 2.38. The van der Waals surface area contributed by atoms with Gasteiger partial charge in [-0.15, -0.1) is 0 Å². The molecular weight excluding hydrogens is 340 g/mol. The topological polar surface area (TPSA) is 42.0 Å². The van der Waals surface area contributed by atoms with Gasteiger partial charge < -0.3 is 14.4 Å². The van der Waals surface area contributed by atoms with Gasteiger partial charge in [0.2, 0.25) is 5.91 Å². The van der Waals surface area contributed by atoms with Gasteiger partial charge in [0.25, 0.3) is 0 Å². The first kappa shape index (κ1) is 18.6. The third-order valence-electron chi connectivity index (χ3n) is 6.52. The minimum absolute atomic E-state index is 0.160. The second kappa shape index (κ2) is 8.09. The first-order valence-corrected chi connectivity index (χ1v) is 10.5. The SMILES string of the molecule is CC1CCC(N(C)CC(=O)N2CCCC2c2ccc3c(c2)OCCO3)CC1. The number of carbonyl (C=O) groups excluding carboxylic acids is 1. The van der Waals surface area contributed by atoms with Gasteiger partial charge >= 0.3 is 0 Å². The number of likely N-dealkylation sites (N-methyl/N-ethyl adjacent to an activating group) is 1. The van der Waals surface area contributed by atoms with Crippen LogP contribution >= 0.6 is 0 Å². The second-order valence-electron chi connectivity index (χ2n) is 8.48. The normalized spacial score (nSPS) is 27.8.